The van der Waals surface area contributed by atoms with Gasteiger partial charge < -0.3 is 0 Å². The average molecular weight is 353 g/mol. The monoisotopic (exact) mass is 353 g/mol. The van der Waals surface area contributed by atoms with Crippen molar-refractivity contribution in [3.63, 3.8) is 0 Å². The second-order valence-electron chi connectivity index (χ2n) is 6.35. The number of aromatic amines is 1. The van der Waals surface area contributed by atoms with Crippen molar-refractivity contribution < 1.29 is 0 Å². The molecular weight excluding hydrogens is 338 g/mol. The Kier molecular flexibility index (Phi) is 3.57. The third-order valence-electron chi connectivity index (χ3n) is 4.86. The van der Waals surface area contributed by atoms with Crippen molar-refractivity contribution in [1.29, 1.82) is 0 Å². The van der Waals surface area contributed by atoms with Crippen molar-refractivity contribution in [3.05, 3.63) is 90.3 Å². The van der Waals surface area contributed by atoms with Gasteiger partial charge in [0.25, 0.3) is 0 Å². The largest absolute Gasteiger partial charge is 0.281 e. The predicted molar refractivity (Wildman–Crippen MR) is 99.4 cm³/mol. The molecule has 1 aliphatic rings. The Balaban J connectivity index is 1.66. The van der Waals surface area contributed by atoms with Gasteiger partial charge in [0.1, 0.15) is 18.3 Å². The molecule has 1 N–H and O–H groups in total. The number of hydrogen-bond donors (Lipinski definition) is 1. The maximum atomic E-state index is 4.52. The molecule has 0 unspecified atom stereocenters. The number of H-pyrrole nitrogens is 1. The van der Waals surface area contributed by atoms with E-state index < -0.39 is 5.41 Å². The van der Waals surface area contributed by atoms with E-state index in [9.17, 15) is 0 Å². The van der Waals surface area contributed by atoms with Crippen LogP contribution in [0.4, 0.5) is 0 Å². The number of hydrogen-bond acceptors (Lipinski definition) is 6. The first-order valence-electron chi connectivity index (χ1n) is 8.58. The minimum absolute atomic E-state index is 0.507. The smallest absolute Gasteiger partial charge is 0.118 e. The number of allylic oxidation sites excluding steroid dienone is 1. The molecule has 27 heavy (non-hydrogen) atoms. The highest BCUT2D eigenvalue weighted by Crippen LogP contribution is 2.40. The third kappa shape index (κ3) is 2.52. The molecule has 0 saturated carbocycles. The molecule has 0 saturated heterocycles. The molecule has 5 rings (SSSR count). The van der Waals surface area contributed by atoms with Gasteiger partial charge in [-0.25, -0.2) is 19.9 Å². The molecule has 130 valence electrons. The minimum atomic E-state index is -0.507. The second kappa shape index (κ2) is 6.21. The molecule has 4 aromatic rings. The van der Waals surface area contributed by atoms with Gasteiger partial charge in [0.2, 0.25) is 0 Å². The van der Waals surface area contributed by atoms with Crippen molar-refractivity contribution in [3.8, 4) is 11.4 Å². The Morgan fingerprint density at radius 3 is 2.26 bits per heavy atom. The molecule has 7 nitrogen and oxygen atoms in total. The highest BCUT2D eigenvalue weighted by Gasteiger charge is 2.39. The van der Waals surface area contributed by atoms with Gasteiger partial charge in [-0.3, -0.25) is 10.1 Å². The van der Waals surface area contributed by atoms with E-state index in [1.54, 1.807) is 31.2 Å². The molecule has 4 heterocycles. The van der Waals surface area contributed by atoms with Crippen LogP contribution >= 0.6 is 0 Å². The van der Waals surface area contributed by atoms with Crippen LogP contribution in [0.25, 0.3) is 17.5 Å². The number of nitrogens with one attached hydrogen (secondary N) is 1. The topological polar surface area (TPSA) is 93.1 Å². The second-order valence-corrected chi connectivity index (χ2v) is 6.35. The summed E-state index contributed by atoms with van der Waals surface area (Å²) in [6.45, 7) is 0. The van der Waals surface area contributed by atoms with Crippen LogP contribution in [-0.2, 0) is 11.8 Å². The summed E-state index contributed by atoms with van der Waals surface area (Å²) in [5, 5.41) is 7.71. The molecule has 0 fully saturated rings. The molecule has 0 aromatic carbocycles. The van der Waals surface area contributed by atoms with Crippen LogP contribution in [0.3, 0.4) is 0 Å². The zero-order chi connectivity index (χ0) is 18.1. The molecule has 4 aromatic heterocycles. The van der Waals surface area contributed by atoms with Crippen molar-refractivity contribution >= 4 is 6.08 Å². The van der Waals surface area contributed by atoms with Crippen LogP contribution in [0.2, 0.25) is 0 Å². The Bertz CT molecular complexity index is 1050. The van der Waals surface area contributed by atoms with E-state index in [0.717, 1.165) is 34.0 Å². The van der Waals surface area contributed by atoms with Gasteiger partial charge in [-0.05, 0) is 24.3 Å². The zero-order valence-electron chi connectivity index (χ0n) is 14.3. The first-order chi connectivity index (χ1) is 13.4. The van der Waals surface area contributed by atoms with E-state index in [2.05, 4.69) is 47.3 Å². The van der Waals surface area contributed by atoms with E-state index >= 15 is 0 Å². The Morgan fingerprint density at radius 2 is 1.63 bits per heavy atom. The Morgan fingerprint density at radius 1 is 0.852 bits per heavy atom. The summed E-state index contributed by atoms with van der Waals surface area (Å²) >= 11 is 0. The first kappa shape index (κ1) is 15.5. The van der Waals surface area contributed by atoms with Crippen LogP contribution in [-0.4, -0.2) is 35.1 Å². The highest BCUT2D eigenvalue weighted by atomic mass is 15.1. The van der Waals surface area contributed by atoms with Gasteiger partial charge in [0, 0.05) is 36.3 Å². The van der Waals surface area contributed by atoms with E-state index in [1.807, 2.05) is 30.3 Å². The van der Waals surface area contributed by atoms with E-state index in [-0.39, 0.29) is 0 Å². The average Bonchev–Trinajstić information content (AvgIpc) is 3.18. The lowest BCUT2D eigenvalue weighted by Gasteiger charge is -2.31. The summed E-state index contributed by atoms with van der Waals surface area (Å²) in [4.78, 5) is 21.6. The molecule has 0 atom stereocenters. The predicted octanol–water partition coefficient (Wildman–Crippen LogP) is 2.61. The van der Waals surface area contributed by atoms with Gasteiger partial charge in [-0.2, -0.15) is 5.10 Å². The Hall–Kier alpha value is -3.74. The molecule has 0 radical (unpaired) electrons. The number of pyridine rings is 1. The molecule has 1 aliphatic carbocycles. The van der Waals surface area contributed by atoms with E-state index in [1.165, 1.54) is 0 Å². The SMILES string of the molecule is C1=CC(c2ccncn2)(c2ccncn2)Cc2[nH]nc(-c3ccccn3)c21. The third-order valence-corrected chi connectivity index (χ3v) is 4.86. The van der Waals surface area contributed by atoms with Gasteiger partial charge in [-0.1, -0.05) is 18.2 Å². The van der Waals surface area contributed by atoms with Crippen LogP contribution in [0.1, 0.15) is 22.6 Å². The fraction of sp³-hybridized carbons (Fsp3) is 0.100. The number of aromatic nitrogens is 7. The summed E-state index contributed by atoms with van der Waals surface area (Å²) in [6, 6.07) is 9.66. The first-order valence-corrected chi connectivity index (χ1v) is 8.58. The maximum Gasteiger partial charge on any atom is 0.118 e. The van der Waals surface area contributed by atoms with Crippen LogP contribution in [0, 0.1) is 0 Å². The standard InChI is InChI=1S/C20H15N7/c1-2-8-23-15(3-1)19-14-4-7-20(11-16(14)26-27-19,17-5-9-21-12-24-17)18-6-10-22-13-25-18/h1-10,12-13H,11H2,(H,26,27). The Labute approximate surface area is 155 Å². The summed E-state index contributed by atoms with van der Waals surface area (Å²) in [5.74, 6) is 0. The molecule has 0 spiro atoms. The molecule has 0 aliphatic heterocycles. The van der Waals surface area contributed by atoms with E-state index in [4.69, 9.17) is 0 Å². The normalized spacial score (nSPS) is 14.7. The van der Waals surface area contributed by atoms with Crippen molar-refractivity contribution in [2.75, 3.05) is 0 Å². The summed E-state index contributed by atoms with van der Waals surface area (Å²) < 4.78 is 0. The van der Waals surface area contributed by atoms with Crippen molar-refractivity contribution in [1.82, 2.24) is 35.1 Å². The number of rotatable bonds is 3. The lowest BCUT2D eigenvalue weighted by Crippen LogP contribution is -2.32. The fourth-order valence-electron chi connectivity index (χ4n) is 3.55. The molecule has 0 amide bonds. The van der Waals surface area contributed by atoms with E-state index in [0.29, 0.717) is 6.42 Å². The van der Waals surface area contributed by atoms with Gasteiger partial charge in [-0.15, -0.1) is 0 Å². The lowest BCUT2D eigenvalue weighted by molar-refractivity contribution is 0.578. The van der Waals surface area contributed by atoms with Crippen molar-refractivity contribution in [2.24, 2.45) is 0 Å². The summed E-state index contributed by atoms with van der Waals surface area (Å²) in [7, 11) is 0. The zero-order valence-corrected chi connectivity index (χ0v) is 14.3. The minimum Gasteiger partial charge on any atom is -0.281 e. The van der Waals surface area contributed by atoms with Crippen LogP contribution in [0.15, 0.2) is 67.7 Å². The summed E-state index contributed by atoms with van der Waals surface area (Å²) in [6.07, 6.45) is 13.3. The van der Waals surface area contributed by atoms with Crippen LogP contribution < -0.4 is 0 Å². The number of nitrogens with zero attached hydrogens (tertiary/aromatic N) is 6. The van der Waals surface area contributed by atoms with Gasteiger partial charge in [0.15, 0.2) is 0 Å². The van der Waals surface area contributed by atoms with Crippen LogP contribution in [0.5, 0.6) is 0 Å². The van der Waals surface area contributed by atoms with Gasteiger partial charge >= 0.3 is 0 Å². The summed E-state index contributed by atoms with van der Waals surface area (Å²) in [5.41, 5.74) is 5.02. The molecule has 7 heteroatoms. The fourth-order valence-corrected chi connectivity index (χ4v) is 3.55. The quantitative estimate of drug-likeness (QED) is 0.608. The van der Waals surface area contributed by atoms with Crippen molar-refractivity contribution in [2.45, 2.75) is 11.8 Å². The van der Waals surface area contributed by atoms with Gasteiger partial charge in [0.05, 0.1) is 22.5 Å². The highest BCUT2D eigenvalue weighted by molar-refractivity contribution is 5.74. The lowest BCUT2D eigenvalue weighted by atomic mass is 9.73. The molecular formula is C20H15N7. The molecule has 0 bridgehead atoms. The maximum absolute atomic E-state index is 4.52. The number of fused-ring (bicyclic) bond motifs is 1.